The number of ether oxygens (including phenoxy) is 1. The van der Waals surface area contributed by atoms with E-state index in [1.54, 1.807) is 29.9 Å². The summed E-state index contributed by atoms with van der Waals surface area (Å²) >= 11 is 12.7. The Labute approximate surface area is 148 Å². The Morgan fingerprint density at radius 1 is 1.39 bits per heavy atom. The average Bonchev–Trinajstić information content (AvgIpc) is 3.15. The topological polar surface area (TPSA) is 60.5 Å². The molecule has 0 bridgehead atoms. The van der Waals surface area contributed by atoms with Crippen molar-refractivity contribution in [3.05, 3.63) is 32.1 Å². The van der Waals surface area contributed by atoms with Crippen molar-refractivity contribution in [2.75, 3.05) is 25.9 Å². The maximum absolute atomic E-state index is 12.6. The van der Waals surface area contributed by atoms with Gasteiger partial charge in [-0.3, -0.25) is 9.36 Å². The van der Waals surface area contributed by atoms with Crippen LogP contribution in [0, 0.1) is 3.95 Å². The van der Waals surface area contributed by atoms with Crippen molar-refractivity contribution in [1.82, 2.24) is 9.47 Å². The van der Waals surface area contributed by atoms with Crippen LogP contribution in [0.2, 0.25) is 5.02 Å². The Morgan fingerprint density at radius 2 is 2.09 bits per heavy atom. The number of carbonyl (C=O) groups excluding carboxylic acids is 1. The van der Waals surface area contributed by atoms with Gasteiger partial charge in [0.15, 0.2) is 3.95 Å². The molecule has 0 radical (unpaired) electrons. The summed E-state index contributed by atoms with van der Waals surface area (Å²) in [7, 11) is 1.56. The van der Waals surface area contributed by atoms with E-state index in [0.717, 1.165) is 25.9 Å². The molecule has 1 aromatic heterocycles. The number of aromatic nitrogens is 1. The summed E-state index contributed by atoms with van der Waals surface area (Å²) in [6, 6.07) is 5.20. The first-order valence-electron chi connectivity index (χ1n) is 7.17. The van der Waals surface area contributed by atoms with Gasteiger partial charge in [0.1, 0.15) is 16.4 Å². The van der Waals surface area contributed by atoms with Gasteiger partial charge in [-0.05, 0) is 43.3 Å². The SMILES string of the molecule is COc1ccc(Cl)cc1-n1c(N)c(C(=O)N2CCCC2)sc1=S. The zero-order valence-corrected chi connectivity index (χ0v) is 14.9. The smallest absolute Gasteiger partial charge is 0.267 e. The molecule has 2 heterocycles. The molecule has 8 heteroatoms. The van der Waals surface area contributed by atoms with E-state index in [1.807, 2.05) is 4.90 Å². The van der Waals surface area contributed by atoms with Gasteiger partial charge in [0, 0.05) is 18.1 Å². The van der Waals surface area contributed by atoms with Gasteiger partial charge in [0.2, 0.25) is 0 Å². The highest BCUT2D eigenvalue weighted by atomic mass is 35.5. The van der Waals surface area contributed by atoms with Gasteiger partial charge in [-0.1, -0.05) is 22.9 Å². The Kier molecular flexibility index (Phi) is 4.61. The van der Waals surface area contributed by atoms with Crippen molar-refractivity contribution in [2.45, 2.75) is 12.8 Å². The highest BCUT2D eigenvalue weighted by Crippen LogP contribution is 2.34. The van der Waals surface area contributed by atoms with E-state index in [9.17, 15) is 4.79 Å². The van der Waals surface area contributed by atoms with Gasteiger partial charge in [-0.2, -0.15) is 0 Å². The van der Waals surface area contributed by atoms with Crippen molar-refractivity contribution < 1.29 is 9.53 Å². The molecule has 3 rings (SSSR count). The maximum Gasteiger partial charge on any atom is 0.267 e. The van der Waals surface area contributed by atoms with Crippen LogP contribution in [0.15, 0.2) is 18.2 Å². The Hall–Kier alpha value is -1.57. The third-order valence-electron chi connectivity index (χ3n) is 3.81. The second-order valence-corrected chi connectivity index (χ2v) is 7.31. The zero-order chi connectivity index (χ0) is 16.6. The van der Waals surface area contributed by atoms with Crippen LogP contribution in [0.4, 0.5) is 5.82 Å². The molecule has 1 saturated heterocycles. The van der Waals surface area contributed by atoms with Crippen LogP contribution in [0.1, 0.15) is 22.5 Å². The van der Waals surface area contributed by atoms with Crippen molar-refractivity contribution in [1.29, 1.82) is 0 Å². The minimum Gasteiger partial charge on any atom is -0.495 e. The van der Waals surface area contributed by atoms with Gasteiger partial charge < -0.3 is 15.4 Å². The summed E-state index contributed by atoms with van der Waals surface area (Å²) in [5.74, 6) is 0.864. The van der Waals surface area contributed by atoms with Crippen LogP contribution in [-0.4, -0.2) is 35.6 Å². The molecule has 2 aromatic rings. The standard InChI is InChI=1S/C15H16ClN3O2S2/c1-21-11-5-4-9(16)8-10(11)19-13(17)12(23-15(19)22)14(20)18-6-2-3-7-18/h4-5,8H,2-3,6-7,17H2,1H3. The number of hydrogen-bond donors (Lipinski definition) is 1. The molecule has 0 aliphatic carbocycles. The maximum atomic E-state index is 12.6. The summed E-state index contributed by atoms with van der Waals surface area (Å²) < 4.78 is 7.50. The van der Waals surface area contributed by atoms with Gasteiger partial charge in [-0.25, -0.2) is 0 Å². The molecular weight excluding hydrogens is 354 g/mol. The zero-order valence-electron chi connectivity index (χ0n) is 12.5. The normalized spacial score (nSPS) is 14.3. The minimum absolute atomic E-state index is 0.0594. The van der Waals surface area contributed by atoms with Crippen LogP contribution >= 0.6 is 35.2 Å². The van der Waals surface area contributed by atoms with E-state index in [0.29, 0.717) is 31.1 Å². The first-order valence-corrected chi connectivity index (χ1v) is 8.77. The summed E-state index contributed by atoms with van der Waals surface area (Å²) in [6.07, 6.45) is 2.06. The molecular formula is C15H16ClN3O2S2. The van der Waals surface area contributed by atoms with E-state index >= 15 is 0 Å². The van der Waals surface area contributed by atoms with Gasteiger partial charge >= 0.3 is 0 Å². The van der Waals surface area contributed by atoms with Crippen molar-refractivity contribution in [2.24, 2.45) is 0 Å². The number of methoxy groups -OCH3 is 1. The predicted molar refractivity (Wildman–Crippen MR) is 95.6 cm³/mol. The van der Waals surface area contributed by atoms with Crippen molar-refractivity contribution in [3.8, 4) is 11.4 Å². The molecule has 1 amide bonds. The van der Waals surface area contributed by atoms with E-state index in [2.05, 4.69) is 0 Å². The van der Waals surface area contributed by atoms with Gasteiger partial charge in [0.25, 0.3) is 5.91 Å². The lowest BCUT2D eigenvalue weighted by atomic mass is 10.3. The molecule has 1 aromatic carbocycles. The number of hydrogen-bond acceptors (Lipinski definition) is 5. The van der Waals surface area contributed by atoms with Gasteiger partial charge in [0.05, 0.1) is 12.8 Å². The van der Waals surface area contributed by atoms with E-state index in [4.69, 9.17) is 34.3 Å². The first-order chi connectivity index (χ1) is 11.0. The first kappa shape index (κ1) is 16.3. The fourth-order valence-corrected chi connectivity index (χ4v) is 4.16. The lowest BCUT2D eigenvalue weighted by molar-refractivity contribution is 0.0798. The highest BCUT2D eigenvalue weighted by molar-refractivity contribution is 7.73. The summed E-state index contributed by atoms with van der Waals surface area (Å²) in [6.45, 7) is 1.53. The molecule has 0 atom stereocenters. The number of nitrogens with two attached hydrogens (primary N) is 1. The number of halogens is 1. The monoisotopic (exact) mass is 369 g/mol. The lowest BCUT2D eigenvalue weighted by Gasteiger charge is -2.15. The Balaban J connectivity index is 2.10. The minimum atomic E-state index is -0.0594. The quantitative estimate of drug-likeness (QED) is 0.837. The number of amides is 1. The number of anilines is 1. The molecule has 1 fully saturated rings. The van der Waals surface area contributed by atoms with E-state index < -0.39 is 0 Å². The molecule has 0 spiro atoms. The molecule has 1 aliphatic heterocycles. The third-order valence-corrected chi connectivity index (χ3v) is 5.43. The van der Waals surface area contributed by atoms with Crippen molar-refractivity contribution >= 4 is 46.9 Å². The van der Waals surface area contributed by atoms with Gasteiger partial charge in [-0.15, -0.1) is 0 Å². The number of likely N-dealkylation sites (tertiary alicyclic amines) is 1. The van der Waals surface area contributed by atoms with Crippen LogP contribution < -0.4 is 10.5 Å². The fourth-order valence-electron chi connectivity index (χ4n) is 2.67. The van der Waals surface area contributed by atoms with Crippen LogP contribution in [0.25, 0.3) is 5.69 Å². The van der Waals surface area contributed by atoms with E-state index in [1.165, 1.54) is 11.3 Å². The number of benzene rings is 1. The second kappa shape index (κ2) is 6.51. The average molecular weight is 370 g/mol. The Morgan fingerprint density at radius 3 is 2.74 bits per heavy atom. The fraction of sp³-hybridized carbons (Fsp3) is 0.333. The number of nitrogen functional groups attached to an aromatic ring is 1. The highest BCUT2D eigenvalue weighted by Gasteiger charge is 2.26. The number of thiazole rings is 1. The number of rotatable bonds is 3. The summed E-state index contributed by atoms with van der Waals surface area (Å²) in [5.41, 5.74) is 6.88. The largest absolute Gasteiger partial charge is 0.495 e. The summed E-state index contributed by atoms with van der Waals surface area (Å²) in [4.78, 5) is 14.9. The molecule has 1 aliphatic rings. The molecule has 5 nitrogen and oxygen atoms in total. The predicted octanol–water partition coefficient (Wildman–Crippen LogP) is 3.75. The molecule has 0 saturated carbocycles. The summed E-state index contributed by atoms with van der Waals surface area (Å²) in [5, 5.41) is 0.542. The molecule has 2 N–H and O–H groups in total. The number of nitrogens with zero attached hydrogens (tertiary/aromatic N) is 2. The molecule has 23 heavy (non-hydrogen) atoms. The number of carbonyl (C=O) groups is 1. The van der Waals surface area contributed by atoms with Crippen LogP contribution in [0.5, 0.6) is 5.75 Å². The second-order valence-electron chi connectivity index (χ2n) is 5.23. The lowest BCUT2D eigenvalue weighted by Crippen LogP contribution is -2.27. The third kappa shape index (κ3) is 2.96. The van der Waals surface area contributed by atoms with Crippen molar-refractivity contribution in [3.63, 3.8) is 0 Å². The molecule has 0 unspecified atom stereocenters. The molecule has 122 valence electrons. The van der Waals surface area contributed by atoms with E-state index in [-0.39, 0.29) is 5.91 Å². The Bertz CT molecular complexity index is 810. The van der Waals surface area contributed by atoms with Crippen LogP contribution in [-0.2, 0) is 0 Å². The van der Waals surface area contributed by atoms with Crippen LogP contribution in [0.3, 0.4) is 0 Å².